The molecular weight excluding hydrogens is 351 g/mol. The van der Waals surface area contributed by atoms with E-state index in [1.54, 1.807) is 0 Å². The van der Waals surface area contributed by atoms with Gasteiger partial charge in [0.05, 0.1) is 13.1 Å². The predicted octanol–water partition coefficient (Wildman–Crippen LogP) is 3.77. The molecule has 8 heteroatoms. The van der Waals surface area contributed by atoms with Gasteiger partial charge >= 0.3 is 6.18 Å². The first-order valence-electron chi connectivity index (χ1n) is 6.13. The largest absolute Gasteiger partial charge is 0.401 e. The molecule has 1 N–H and O–H groups in total. The van der Waals surface area contributed by atoms with Crippen molar-refractivity contribution in [1.82, 2.24) is 15.5 Å². The van der Waals surface area contributed by atoms with Crippen molar-refractivity contribution in [1.29, 1.82) is 0 Å². The van der Waals surface area contributed by atoms with E-state index in [9.17, 15) is 13.2 Å². The highest BCUT2D eigenvalue weighted by molar-refractivity contribution is 9.10. The fraction of sp³-hybridized carbons (Fsp3) is 0.385. The Labute approximate surface area is 127 Å². The predicted molar refractivity (Wildman–Crippen MR) is 74.7 cm³/mol. The molecule has 2 aromatic rings. The van der Waals surface area contributed by atoms with Crippen LogP contribution >= 0.6 is 15.9 Å². The van der Waals surface area contributed by atoms with Gasteiger partial charge in [-0.3, -0.25) is 0 Å². The number of aromatic nitrogens is 2. The van der Waals surface area contributed by atoms with E-state index in [-0.39, 0.29) is 12.4 Å². The zero-order chi connectivity index (χ0) is 15.6. The van der Waals surface area contributed by atoms with Crippen LogP contribution in [0.1, 0.15) is 17.0 Å². The van der Waals surface area contributed by atoms with E-state index in [2.05, 4.69) is 31.4 Å². The van der Waals surface area contributed by atoms with Gasteiger partial charge in [-0.15, -0.1) is 0 Å². The maximum atomic E-state index is 12.0. The summed E-state index contributed by atoms with van der Waals surface area (Å²) in [6.45, 7) is 2.65. The van der Waals surface area contributed by atoms with Crippen LogP contribution in [0.15, 0.2) is 21.1 Å². The van der Waals surface area contributed by atoms with Gasteiger partial charge in [0.25, 0.3) is 0 Å². The summed E-state index contributed by atoms with van der Waals surface area (Å²) in [5.41, 5.74) is 2.80. The molecule has 1 aromatic carbocycles. The van der Waals surface area contributed by atoms with Crippen molar-refractivity contribution in [3.63, 3.8) is 0 Å². The molecule has 0 saturated heterocycles. The standard InChI is InChI=1S/C13H13BrF3N3O/c1-7-3-9(4-8(2)11(7)14)12-19-10(21-20-12)5-18-6-13(15,16)17/h3-4,18H,5-6H2,1-2H3. The van der Waals surface area contributed by atoms with Crippen LogP contribution < -0.4 is 5.32 Å². The minimum atomic E-state index is -4.26. The van der Waals surface area contributed by atoms with E-state index < -0.39 is 12.7 Å². The molecule has 21 heavy (non-hydrogen) atoms. The summed E-state index contributed by atoms with van der Waals surface area (Å²) in [7, 11) is 0. The van der Waals surface area contributed by atoms with Crippen molar-refractivity contribution < 1.29 is 17.7 Å². The monoisotopic (exact) mass is 363 g/mol. The van der Waals surface area contributed by atoms with Gasteiger partial charge in [-0.25, -0.2) is 0 Å². The summed E-state index contributed by atoms with van der Waals surface area (Å²) in [4.78, 5) is 4.09. The topological polar surface area (TPSA) is 51.0 Å². The Morgan fingerprint density at radius 2 is 1.86 bits per heavy atom. The molecule has 0 bridgehead atoms. The average Bonchev–Trinajstić information content (AvgIpc) is 2.82. The summed E-state index contributed by atoms with van der Waals surface area (Å²) >= 11 is 3.46. The first-order valence-corrected chi connectivity index (χ1v) is 6.93. The third-order valence-corrected chi connectivity index (χ3v) is 4.02. The molecule has 1 aromatic heterocycles. The molecular formula is C13H13BrF3N3O. The van der Waals surface area contributed by atoms with E-state index in [4.69, 9.17) is 4.52 Å². The molecule has 1 heterocycles. The van der Waals surface area contributed by atoms with Crippen molar-refractivity contribution in [3.05, 3.63) is 33.6 Å². The number of nitrogens with zero attached hydrogens (tertiary/aromatic N) is 2. The van der Waals surface area contributed by atoms with E-state index >= 15 is 0 Å². The van der Waals surface area contributed by atoms with Crippen LogP contribution in [-0.2, 0) is 6.54 Å². The maximum absolute atomic E-state index is 12.0. The number of halogens is 4. The van der Waals surface area contributed by atoms with Crippen molar-refractivity contribution in [2.45, 2.75) is 26.6 Å². The number of aryl methyl sites for hydroxylation is 2. The van der Waals surface area contributed by atoms with Gasteiger partial charge < -0.3 is 9.84 Å². The minimum Gasteiger partial charge on any atom is -0.338 e. The number of rotatable bonds is 4. The van der Waals surface area contributed by atoms with Crippen LogP contribution in [0.25, 0.3) is 11.4 Å². The quantitative estimate of drug-likeness (QED) is 0.898. The highest BCUT2D eigenvalue weighted by Crippen LogP contribution is 2.27. The first kappa shape index (κ1) is 16.0. The second-order valence-electron chi connectivity index (χ2n) is 4.65. The fourth-order valence-electron chi connectivity index (χ4n) is 1.83. The van der Waals surface area contributed by atoms with Gasteiger partial charge in [0.15, 0.2) is 0 Å². The van der Waals surface area contributed by atoms with Crippen molar-refractivity contribution in [2.24, 2.45) is 0 Å². The molecule has 0 aliphatic carbocycles. The van der Waals surface area contributed by atoms with Gasteiger partial charge in [-0.2, -0.15) is 18.2 Å². The number of hydrogen-bond donors (Lipinski definition) is 1. The van der Waals surface area contributed by atoms with E-state index in [1.807, 2.05) is 26.0 Å². The molecule has 0 atom stereocenters. The third kappa shape index (κ3) is 4.28. The highest BCUT2D eigenvalue weighted by atomic mass is 79.9. The molecule has 0 spiro atoms. The number of nitrogens with one attached hydrogen (secondary N) is 1. The summed E-state index contributed by atoms with van der Waals surface area (Å²) in [6, 6.07) is 3.77. The smallest absolute Gasteiger partial charge is 0.338 e. The van der Waals surface area contributed by atoms with Crippen LogP contribution in [0.5, 0.6) is 0 Å². The fourth-order valence-corrected chi connectivity index (χ4v) is 2.06. The Morgan fingerprint density at radius 3 is 2.43 bits per heavy atom. The minimum absolute atomic E-state index is 0.118. The van der Waals surface area contributed by atoms with Crippen molar-refractivity contribution in [3.8, 4) is 11.4 Å². The molecule has 0 radical (unpaired) electrons. The van der Waals surface area contributed by atoms with Crippen molar-refractivity contribution >= 4 is 15.9 Å². The molecule has 0 saturated carbocycles. The lowest BCUT2D eigenvalue weighted by Gasteiger charge is -2.05. The van der Waals surface area contributed by atoms with Crippen LogP contribution in [0.4, 0.5) is 13.2 Å². The Morgan fingerprint density at radius 1 is 1.24 bits per heavy atom. The average molecular weight is 364 g/mol. The molecule has 2 rings (SSSR count). The van der Waals surface area contributed by atoms with Gasteiger partial charge in [-0.05, 0) is 37.1 Å². The number of alkyl halides is 3. The lowest BCUT2D eigenvalue weighted by Crippen LogP contribution is -2.28. The summed E-state index contributed by atoms with van der Waals surface area (Å²) in [6.07, 6.45) is -4.26. The zero-order valence-electron chi connectivity index (χ0n) is 11.4. The lowest BCUT2D eigenvalue weighted by molar-refractivity contribution is -0.125. The Balaban J connectivity index is 2.10. The lowest BCUT2D eigenvalue weighted by atomic mass is 10.1. The van der Waals surface area contributed by atoms with E-state index in [0.717, 1.165) is 21.2 Å². The van der Waals surface area contributed by atoms with Gasteiger partial charge in [0, 0.05) is 10.0 Å². The van der Waals surface area contributed by atoms with Crippen LogP contribution in [0, 0.1) is 13.8 Å². The second-order valence-corrected chi connectivity index (χ2v) is 5.45. The molecule has 0 fully saturated rings. The molecule has 0 aliphatic heterocycles. The number of benzene rings is 1. The Kier molecular flexibility index (Phi) is 4.67. The van der Waals surface area contributed by atoms with Crippen LogP contribution in [0.3, 0.4) is 0 Å². The third-order valence-electron chi connectivity index (χ3n) is 2.76. The normalized spacial score (nSPS) is 11.9. The highest BCUT2D eigenvalue weighted by Gasteiger charge is 2.26. The van der Waals surface area contributed by atoms with Gasteiger partial charge in [0.2, 0.25) is 11.7 Å². The molecule has 0 unspecified atom stereocenters. The maximum Gasteiger partial charge on any atom is 0.401 e. The summed E-state index contributed by atoms with van der Waals surface area (Å²) in [5, 5.41) is 6.00. The SMILES string of the molecule is Cc1cc(-c2noc(CNCC(F)(F)F)n2)cc(C)c1Br. The Bertz CT molecular complexity index is 617. The molecule has 0 amide bonds. The number of hydrogen-bond acceptors (Lipinski definition) is 4. The van der Waals surface area contributed by atoms with Crippen molar-refractivity contribution in [2.75, 3.05) is 6.54 Å². The summed E-state index contributed by atoms with van der Waals surface area (Å²) in [5.74, 6) is 0.477. The second kappa shape index (κ2) is 6.15. The first-order chi connectivity index (χ1) is 9.76. The van der Waals surface area contributed by atoms with Crippen LogP contribution in [-0.4, -0.2) is 22.9 Å². The zero-order valence-corrected chi connectivity index (χ0v) is 13.0. The molecule has 0 aliphatic rings. The van der Waals surface area contributed by atoms with E-state index in [0.29, 0.717) is 5.82 Å². The van der Waals surface area contributed by atoms with Gasteiger partial charge in [0.1, 0.15) is 0 Å². The Hall–Kier alpha value is -1.41. The van der Waals surface area contributed by atoms with E-state index in [1.165, 1.54) is 0 Å². The summed E-state index contributed by atoms with van der Waals surface area (Å²) < 4.78 is 42.0. The molecule has 114 valence electrons. The molecule has 4 nitrogen and oxygen atoms in total. The van der Waals surface area contributed by atoms with Gasteiger partial charge in [-0.1, -0.05) is 21.1 Å². The van der Waals surface area contributed by atoms with Crippen LogP contribution in [0.2, 0.25) is 0 Å².